The zero-order valence-corrected chi connectivity index (χ0v) is 11.7. The Morgan fingerprint density at radius 2 is 2.15 bits per heavy atom. The van der Waals surface area contributed by atoms with Gasteiger partial charge in [0, 0.05) is 19.9 Å². The smallest absolute Gasteiger partial charge is 0.148 e. The molecular formula is C15H20FN3O. The highest BCUT2D eigenvalue weighted by Gasteiger charge is 2.05. The third kappa shape index (κ3) is 4.15. The van der Waals surface area contributed by atoms with E-state index in [0.717, 1.165) is 38.1 Å². The molecule has 1 aromatic carbocycles. The number of hydrogen-bond acceptors (Lipinski definition) is 3. The van der Waals surface area contributed by atoms with Crippen molar-refractivity contribution in [2.24, 2.45) is 0 Å². The molecule has 0 aliphatic rings. The number of para-hydroxylation sites is 1. The predicted molar refractivity (Wildman–Crippen MR) is 76.6 cm³/mol. The van der Waals surface area contributed by atoms with Crippen molar-refractivity contribution in [3.63, 3.8) is 0 Å². The quantitative estimate of drug-likeness (QED) is 0.752. The molecule has 0 spiro atoms. The largest absolute Gasteiger partial charge is 0.383 e. The monoisotopic (exact) mass is 277 g/mol. The summed E-state index contributed by atoms with van der Waals surface area (Å²) in [5.41, 5.74) is 1.60. The maximum absolute atomic E-state index is 13.6. The van der Waals surface area contributed by atoms with E-state index in [4.69, 9.17) is 4.74 Å². The standard InChI is InChI=1S/C15H20FN3O/c1-20-10-9-17-8-4-5-13-11-18-19(12-13)15-7-3-2-6-14(15)16/h2-3,6-7,11-12,17H,4-5,8-10H2,1H3. The van der Waals surface area contributed by atoms with E-state index in [2.05, 4.69) is 10.4 Å². The first-order chi connectivity index (χ1) is 9.81. The van der Waals surface area contributed by atoms with Crippen LogP contribution in [0.4, 0.5) is 4.39 Å². The first kappa shape index (κ1) is 14.7. The molecule has 0 saturated heterocycles. The van der Waals surface area contributed by atoms with Crippen molar-refractivity contribution in [3.8, 4) is 5.69 Å². The fourth-order valence-electron chi connectivity index (χ4n) is 1.98. The lowest BCUT2D eigenvalue weighted by Crippen LogP contribution is -2.20. The zero-order valence-electron chi connectivity index (χ0n) is 11.7. The van der Waals surface area contributed by atoms with Crippen LogP contribution in [0.15, 0.2) is 36.7 Å². The van der Waals surface area contributed by atoms with Gasteiger partial charge < -0.3 is 10.1 Å². The number of methoxy groups -OCH3 is 1. The first-order valence-electron chi connectivity index (χ1n) is 6.79. The molecule has 5 heteroatoms. The molecule has 0 atom stereocenters. The number of nitrogens with zero attached hydrogens (tertiary/aromatic N) is 2. The second-order valence-electron chi connectivity index (χ2n) is 4.59. The van der Waals surface area contributed by atoms with Crippen LogP contribution in [-0.4, -0.2) is 36.6 Å². The Bertz CT molecular complexity index is 527. The fourth-order valence-corrected chi connectivity index (χ4v) is 1.98. The van der Waals surface area contributed by atoms with Crippen LogP contribution in [0.25, 0.3) is 5.69 Å². The minimum Gasteiger partial charge on any atom is -0.383 e. The van der Waals surface area contributed by atoms with Gasteiger partial charge in [0.05, 0.1) is 12.8 Å². The first-order valence-corrected chi connectivity index (χ1v) is 6.79. The summed E-state index contributed by atoms with van der Waals surface area (Å²) in [5, 5.41) is 7.50. The van der Waals surface area contributed by atoms with E-state index >= 15 is 0 Å². The Kier molecular flexibility index (Phi) is 5.70. The van der Waals surface area contributed by atoms with Crippen LogP contribution in [0.2, 0.25) is 0 Å². The highest BCUT2D eigenvalue weighted by atomic mass is 19.1. The number of nitrogens with one attached hydrogen (secondary N) is 1. The number of aryl methyl sites for hydroxylation is 1. The summed E-state index contributed by atoms with van der Waals surface area (Å²) < 4.78 is 20.2. The lowest BCUT2D eigenvalue weighted by Gasteiger charge is -2.03. The summed E-state index contributed by atoms with van der Waals surface area (Å²) in [6.07, 6.45) is 5.62. The van der Waals surface area contributed by atoms with Gasteiger partial charge in [-0.3, -0.25) is 0 Å². The third-order valence-corrected chi connectivity index (χ3v) is 3.04. The minimum atomic E-state index is -0.261. The minimum absolute atomic E-state index is 0.261. The molecule has 2 rings (SSSR count). The van der Waals surface area contributed by atoms with Crippen molar-refractivity contribution in [2.45, 2.75) is 12.8 Å². The maximum atomic E-state index is 13.6. The van der Waals surface area contributed by atoms with E-state index in [9.17, 15) is 4.39 Å². The molecule has 20 heavy (non-hydrogen) atoms. The van der Waals surface area contributed by atoms with Crippen LogP contribution in [0.3, 0.4) is 0 Å². The molecular weight excluding hydrogens is 257 g/mol. The average Bonchev–Trinajstić information content (AvgIpc) is 2.92. The second-order valence-corrected chi connectivity index (χ2v) is 4.59. The van der Waals surface area contributed by atoms with Gasteiger partial charge in [0.2, 0.25) is 0 Å². The fraction of sp³-hybridized carbons (Fsp3) is 0.400. The van der Waals surface area contributed by atoms with Gasteiger partial charge in [0.1, 0.15) is 11.5 Å². The van der Waals surface area contributed by atoms with E-state index in [-0.39, 0.29) is 5.82 Å². The number of halogens is 1. The molecule has 0 amide bonds. The normalized spacial score (nSPS) is 10.9. The highest BCUT2D eigenvalue weighted by molar-refractivity contribution is 5.32. The third-order valence-electron chi connectivity index (χ3n) is 3.04. The Balaban J connectivity index is 1.82. The van der Waals surface area contributed by atoms with Crippen LogP contribution >= 0.6 is 0 Å². The Hall–Kier alpha value is -1.72. The van der Waals surface area contributed by atoms with E-state index in [1.807, 2.05) is 6.20 Å². The molecule has 1 aromatic heterocycles. The molecule has 2 aromatic rings. The van der Waals surface area contributed by atoms with Crippen molar-refractivity contribution < 1.29 is 9.13 Å². The van der Waals surface area contributed by atoms with Gasteiger partial charge in [-0.15, -0.1) is 0 Å². The molecule has 0 unspecified atom stereocenters. The maximum Gasteiger partial charge on any atom is 0.148 e. The van der Waals surface area contributed by atoms with Gasteiger partial charge >= 0.3 is 0 Å². The SMILES string of the molecule is COCCNCCCc1cnn(-c2ccccc2F)c1. The molecule has 0 fully saturated rings. The van der Waals surface area contributed by atoms with Gasteiger partial charge in [-0.2, -0.15) is 5.10 Å². The predicted octanol–water partition coefficient (Wildman–Crippen LogP) is 2.18. The van der Waals surface area contributed by atoms with Gasteiger partial charge in [-0.05, 0) is 37.1 Å². The summed E-state index contributed by atoms with van der Waals surface area (Å²) in [4.78, 5) is 0. The summed E-state index contributed by atoms with van der Waals surface area (Å²) in [7, 11) is 1.69. The molecule has 0 aliphatic heterocycles. The molecule has 0 aliphatic carbocycles. The van der Waals surface area contributed by atoms with Crippen LogP contribution in [0, 0.1) is 5.82 Å². The average molecular weight is 277 g/mol. The zero-order chi connectivity index (χ0) is 14.2. The number of benzene rings is 1. The summed E-state index contributed by atoms with van der Waals surface area (Å²) >= 11 is 0. The van der Waals surface area contributed by atoms with Crippen LogP contribution in [0.5, 0.6) is 0 Å². The van der Waals surface area contributed by atoms with Crippen molar-refractivity contribution in [1.29, 1.82) is 0 Å². The number of rotatable bonds is 8. The Labute approximate surface area is 118 Å². The summed E-state index contributed by atoms with van der Waals surface area (Å²) in [6, 6.07) is 6.64. The van der Waals surface area contributed by atoms with Crippen molar-refractivity contribution in [2.75, 3.05) is 26.8 Å². The van der Waals surface area contributed by atoms with Crippen molar-refractivity contribution in [1.82, 2.24) is 15.1 Å². The van der Waals surface area contributed by atoms with Gasteiger partial charge in [0.25, 0.3) is 0 Å². The molecule has 0 bridgehead atoms. The highest BCUT2D eigenvalue weighted by Crippen LogP contribution is 2.13. The molecule has 1 heterocycles. The molecule has 0 radical (unpaired) electrons. The van der Waals surface area contributed by atoms with Gasteiger partial charge in [-0.1, -0.05) is 12.1 Å². The van der Waals surface area contributed by atoms with Gasteiger partial charge in [0.15, 0.2) is 0 Å². The van der Waals surface area contributed by atoms with Crippen LogP contribution in [0.1, 0.15) is 12.0 Å². The van der Waals surface area contributed by atoms with E-state index < -0.39 is 0 Å². The summed E-state index contributed by atoms with van der Waals surface area (Å²) in [5.74, 6) is -0.261. The van der Waals surface area contributed by atoms with E-state index in [0.29, 0.717) is 5.69 Å². The van der Waals surface area contributed by atoms with Crippen molar-refractivity contribution in [3.05, 3.63) is 48.0 Å². The number of hydrogen-bond donors (Lipinski definition) is 1. The molecule has 108 valence electrons. The lowest BCUT2D eigenvalue weighted by atomic mass is 10.2. The van der Waals surface area contributed by atoms with E-state index in [1.54, 1.807) is 36.2 Å². The second kappa shape index (κ2) is 7.77. The van der Waals surface area contributed by atoms with Crippen molar-refractivity contribution >= 4 is 0 Å². The lowest BCUT2D eigenvalue weighted by molar-refractivity contribution is 0.199. The molecule has 4 nitrogen and oxygen atoms in total. The topological polar surface area (TPSA) is 39.1 Å². The number of ether oxygens (including phenoxy) is 1. The molecule has 1 N–H and O–H groups in total. The Morgan fingerprint density at radius 3 is 2.95 bits per heavy atom. The van der Waals surface area contributed by atoms with Gasteiger partial charge in [-0.25, -0.2) is 9.07 Å². The summed E-state index contributed by atoms with van der Waals surface area (Å²) in [6.45, 7) is 2.53. The van der Waals surface area contributed by atoms with Crippen LogP contribution < -0.4 is 5.32 Å². The van der Waals surface area contributed by atoms with Crippen LogP contribution in [-0.2, 0) is 11.2 Å². The Morgan fingerprint density at radius 1 is 1.30 bits per heavy atom. The molecule has 0 saturated carbocycles. The number of aromatic nitrogens is 2. The van der Waals surface area contributed by atoms with E-state index in [1.165, 1.54) is 6.07 Å².